The number of halogens is 3. The Bertz CT molecular complexity index is 1080. The number of nitrogens with one attached hydrogen (secondary N) is 1. The Balaban J connectivity index is 2.08. The Hall–Kier alpha value is -2.99. The van der Waals surface area contributed by atoms with Crippen LogP contribution in [0.25, 0.3) is 11.6 Å². The van der Waals surface area contributed by atoms with Gasteiger partial charge in [0.2, 0.25) is 0 Å². The van der Waals surface area contributed by atoms with Gasteiger partial charge in [0.1, 0.15) is 11.6 Å². The van der Waals surface area contributed by atoms with Crippen molar-refractivity contribution >= 4 is 35.8 Å². The van der Waals surface area contributed by atoms with Crippen LogP contribution in [0, 0.1) is 11.6 Å². The average Bonchev–Trinajstić information content (AvgIpc) is 2.89. The molecule has 4 nitrogen and oxygen atoms in total. The maximum atomic E-state index is 13.5. The molecule has 0 amide bonds. The summed E-state index contributed by atoms with van der Waals surface area (Å²) in [5.41, 5.74) is 1.84. The van der Waals surface area contributed by atoms with Crippen molar-refractivity contribution in [3.63, 3.8) is 0 Å². The van der Waals surface area contributed by atoms with Gasteiger partial charge in [0.05, 0.1) is 12.2 Å². The molecule has 27 heavy (non-hydrogen) atoms. The Morgan fingerprint density at radius 2 is 1.96 bits per heavy atom. The molecule has 3 aromatic rings. The zero-order valence-corrected chi connectivity index (χ0v) is 15.2. The number of rotatable bonds is 5. The van der Waals surface area contributed by atoms with E-state index in [1.165, 1.54) is 16.7 Å². The Morgan fingerprint density at radius 3 is 2.59 bits per heavy atom. The number of aliphatic imine (C=N–C) groups is 1. The van der Waals surface area contributed by atoms with Gasteiger partial charge in [0.15, 0.2) is 5.82 Å². The summed E-state index contributed by atoms with van der Waals surface area (Å²) in [6.45, 7) is 5.42. The van der Waals surface area contributed by atoms with Crippen molar-refractivity contribution in [1.29, 1.82) is 0 Å². The Morgan fingerprint density at radius 1 is 1.26 bits per heavy atom. The van der Waals surface area contributed by atoms with Crippen LogP contribution in [0.2, 0.25) is 5.02 Å². The first-order valence-corrected chi connectivity index (χ1v) is 8.44. The van der Waals surface area contributed by atoms with Crippen LogP contribution in [0.15, 0.2) is 52.3 Å². The highest BCUT2D eigenvalue weighted by atomic mass is 35.5. The lowest BCUT2D eigenvalue weighted by Gasteiger charge is -2.08. The number of H-pyrrole nitrogens is 1. The number of benzene rings is 2. The maximum Gasteiger partial charge on any atom is 0.327 e. The molecule has 0 unspecified atom stereocenters. The molecule has 1 heterocycles. The maximum absolute atomic E-state index is 13.5. The predicted molar refractivity (Wildman–Crippen MR) is 105 cm³/mol. The van der Waals surface area contributed by atoms with Gasteiger partial charge in [-0.2, -0.15) is 0 Å². The first-order chi connectivity index (χ1) is 12.9. The first kappa shape index (κ1) is 18.8. The number of imidazole rings is 1. The molecule has 1 aromatic heterocycles. The highest BCUT2D eigenvalue weighted by Crippen LogP contribution is 2.24. The van der Waals surface area contributed by atoms with Gasteiger partial charge in [-0.25, -0.2) is 18.6 Å². The third-order valence-corrected chi connectivity index (χ3v) is 4.30. The van der Waals surface area contributed by atoms with Crippen LogP contribution in [0.1, 0.15) is 23.7 Å². The second-order valence-electron chi connectivity index (χ2n) is 6.02. The largest absolute Gasteiger partial charge is 0.327 e. The zero-order chi connectivity index (χ0) is 19.6. The van der Waals surface area contributed by atoms with E-state index in [2.05, 4.69) is 16.7 Å². The second kappa shape index (κ2) is 7.72. The van der Waals surface area contributed by atoms with Gasteiger partial charge in [0, 0.05) is 11.1 Å². The highest BCUT2D eigenvalue weighted by Gasteiger charge is 2.13. The highest BCUT2D eigenvalue weighted by molar-refractivity contribution is 6.30. The standard InChI is InChI=1S/C20H16ClF2N3O/c1-12(14-8-16(22)10-17(23)9-14)6-18-19(24-2)25-20(27)26(18)11-13-4-3-5-15(21)7-13/h3-10H,2,11H2,1H3,(H,25,27)/b12-6+. The SMILES string of the molecule is C=Nc1[nH]c(=O)n(Cc2cccc(Cl)c2)c1/C=C(\C)c1cc(F)cc(F)c1. The van der Waals surface area contributed by atoms with Crippen LogP contribution in [-0.2, 0) is 6.54 Å². The van der Waals surface area contributed by atoms with Crippen LogP contribution < -0.4 is 5.69 Å². The molecular weight excluding hydrogens is 372 g/mol. The molecule has 7 heteroatoms. The van der Waals surface area contributed by atoms with E-state index >= 15 is 0 Å². The van der Waals surface area contributed by atoms with Crippen molar-refractivity contribution in [2.45, 2.75) is 13.5 Å². The minimum atomic E-state index is -0.676. The van der Waals surface area contributed by atoms with E-state index in [4.69, 9.17) is 11.6 Å². The average molecular weight is 388 g/mol. The van der Waals surface area contributed by atoms with Gasteiger partial charge in [0.25, 0.3) is 0 Å². The molecule has 0 aliphatic rings. The predicted octanol–water partition coefficient (Wildman–Crippen LogP) is 5.05. The summed E-state index contributed by atoms with van der Waals surface area (Å²) in [7, 11) is 0. The van der Waals surface area contributed by atoms with Crippen molar-refractivity contribution < 1.29 is 8.78 Å². The third kappa shape index (κ3) is 4.23. The molecule has 0 atom stereocenters. The van der Waals surface area contributed by atoms with E-state index in [-0.39, 0.29) is 18.1 Å². The first-order valence-electron chi connectivity index (χ1n) is 8.06. The molecule has 0 spiro atoms. The van der Waals surface area contributed by atoms with Gasteiger partial charge in [-0.05, 0) is 60.7 Å². The van der Waals surface area contributed by atoms with Crippen LogP contribution in [0.5, 0.6) is 0 Å². The molecule has 0 radical (unpaired) electrons. The van der Waals surface area contributed by atoms with Gasteiger partial charge in [-0.3, -0.25) is 9.55 Å². The molecule has 2 aromatic carbocycles. The summed E-state index contributed by atoms with van der Waals surface area (Å²) in [6, 6.07) is 10.4. The lowest BCUT2D eigenvalue weighted by atomic mass is 10.1. The van der Waals surface area contributed by atoms with Gasteiger partial charge < -0.3 is 0 Å². The monoisotopic (exact) mass is 387 g/mol. The van der Waals surface area contributed by atoms with E-state index in [0.717, 1.165) is 11.6 Å². The van der Waals surface area contributed by atoms with Crippen LogP contribution >= 0.6 is 11.6 Å². The molecule has 1 N–H and O–H groups in total. The summed E-state index contributed by atoms with van der Waals surface area (Å²) >= 11 is 6.01. The van der Waals surface area contributed by atoms with Crippen molar-refractivity contribution in [3.8, 4) is 0 Å². The second-order valence-corrected chi connectivity index (χ2v) is 6.46. The number of hydrogen-bond donors (Lipinski definition) is 1. The van der Waals surface area contributed by atoms with E-state index in [1.807, 2.05) is 6.07 Å². The van der Waals surface area contributed by atoms with Crippen LogP contribution in [-0.4, -0.2) is 16.3 Å². The molecule has 0 aliphatic carbocycles. The number of aromatic amines is 1. The fourth-order valence-electron chi connectivity index (χ4n) is 2.78. The third-order valence-electron chi connectivity index (χ3n) is 4.06. The fraction of sp³-hybridized carbons (Fsp3) is 0.100. The minimum Gasteiger partial charge on any atom is -0.290 e. The van der Waals surface area contributed by atoms with Crippen LogP contribution in [0.4, 0.5) is 14.6 Å². The van der Waals surface area contributed by atoms with Crippen molar-refractivity contribution in [1.82, 2.24) is 9.55 Å². The lowest BCUT2D eigenvalue weighted by Crippen LogP contribution is -2.18. The molecule has 0 aliphatic heterocycles. The Kier molecular flexibility index (Phi) is 5.37. The molecule has 0 saturated carbocycles. The van der Waals surface area contributed by atoms with Crippen molar-refractivity contribution in [2.24, 2.45) is 4.99 Å². The fourth-order valence-corrected chi connectivity index (χ4v) is 2.99. The molecule has 0 fully saturated rings. The van der Waals surface area contributed by atoms with Gasteiger partial charge in [-0.1, -0.05) is 23.7 Å². The molecule has 0 saturated heterocycles. The van der Waals surface area contributed by atoms with E-state index in [1.54, 1.807) is 31.2 Å². The lowest BCUT2D eigenvalue weighted by molar-refractivity contribution is 0.582. The van der Waals surface area contributed by atoms with E-state index in [9.17, 15) is 13.6 Å². The molecule has 138 valence electrons. The smallest absolute Gasteiger partial charge is 0.290 e. The summed E-state index contributed by atoms with van der Waals surface area (Å²) in [5.74, 6) is -1.08. The van der Waals surface area contributed by atoms with E-state index < -0.39 is 11.6 Å². The summed E-state index contributed by atoms with van der Waals surface area (Å²) < 4.78 is 28.5. The molecule has 3 rings (SSSR count). The normalized spacial score (nSPS) is 11.6. The van der Waals surface area contributed by atoms with Crippen LogP contribution in [0.3, 0.4) is 0 Å². The topological polar surface area (TPSA) is 50.1 Å². The summed E-state index contributed by atoms with van der Waals surface area (Å²) in [6.07, 6.45) is 1.64. The van der Waals surface area contributed by atoms with Crippen molar-refractivity contribution in [2.75, 3.05) is 0 Å². The quantitative estimate of drug-likeness (QED) is 0.612. The van der Waals surface area contributed by atoms with Gasteiger partial charge in [-0.15, -0.1) is 0 Å². The van der Waals surface area contributed by atoms with E-state index in [0.29, 0.717) is 21.9 Å². The Labute approximate surface area is 159 Å². The molecular formula is C20H16ClF2N3O. The number of allylic oxidation sites excluding steroid dienone is 1. The molecule has 0 bridgehead atoms. The summed E-state index contributed by atoms with van der Waals surface area (Å²) in [5, 5.41) is 0.557. The number of hydrogen-bond acceptors (Lipinski definition) is 2. The zero-order valence-electron chi connectivity index (χ0n) is 14.5. The number of nitrogens with zero attached hydrogens (tertiary/aromatic N) is 2. The van der Waals surface area contributed by atoms with Crippen molar-refractivity contribution in [3.05, 3.63) is 86.4 Å². The minimum absolute atomic E-state index is 0.252. The number of aromatic nitrogens is 2. The summed E-state index contributed by atoms with van der Waals surface area (Å²) in [4.78, 5) is 18.9. The van der Waals surface area contributed by atoms with Gasteiger partial charge >= 0.3 is 5.69 Å².